The molecule has 1 aromatic heterocycles. The number of thiazole rings is 1. The number of rotatable bonds is 5. The van der Waals surface area contributed by atoms with Gasteiger partial charge in [-0.05, 0) is 29.2 Å². The average molecular weight is 363 g/mol. The number of nitrogen functional groups attached to an aromatic ring is 1. The molecule has 0 saturated carbocycles. The molecule has 1 heterocycles. The van der Waals surface area contributed by atoms with Gasteiger partial charge >= 0.3 is 0 Å². The smallest absolute Gasteiger partial charge is 0.248 e. The fourth-order valence-corrected chi connectivity index (χ4v) is 3.13. The van der Waals surface area contributed by atoms with E-state index in [9.17, 15) is 4.79 Å². The lowest BCUT2D eigenvalue weighted by atomic mass is 10.0. The Morgan fingerprint density at radius 2 is 1.88 bits per heavy atom. The third-order valence-corrected chi connectivity index (χ3v) is 4.69. The van der Waals surface area contributed by atoms with Gasteiger partial charge in [0.05, 0.1) is 11.4 Å². The quantitative estimate of drug-likeness (QED) is 0.615. The second-order valence-corrected chi connectivity index (χ2v) is 7.15. The maximum atomic E-state index is 12.3. The predicted molar refractivity (Wildman–Crippen MR) is 110 cm³/mol. The van der Waals surface area contributed by atoms with Gasteiger partial charge in [-0.15, -0.1) is 11.3 Å². The van der Waals surface area contributed by atoms with Crippen molar-refractivity contribution >= 4 is 34.1 Å². The van der Waals surface area contributed by atoms with Crippen molar-refractivity contribution in [3.8, 4) is 11.3 Å². The minimum absolute atomic E-state index is 0.186. The standard InChI is InChI=1S/C21H21N3OS/c1-14(2)16-10-7-15(8-11-16)9-12-20(25)23-18-6-4-3-5-17(18)19-13-26-21(22)24-19/h3-14H,1-2H3,(H2,22,24)(H,23,25)/b12-9+. The normalized spacial score (nSPS) is 11.2. The zero-order chi connectivity index (χ0) is 18.5. The lowest BCUT2D eigenvalue weighted by molar-refractivity contribution is -0.111. The number of carbonyl (C=O) groups is 1. The van der Waals surface area contributed by atoms with Gasteiger partial charge in [-0.2, -0.15) is 0 Å². The van der Waals surface area contributed by atoms with E-state index in [1.54, 1.807) is 0 Å². The number of nitrogens with two attached hydrogens (primary N) is 1. The van der Waals surface area contributed by atoms with Crippen LogP contribution in [0.2, 0.25) is 0 Å². The van der Waals surface area contributed by atoms with Crippen LogP contribution in [-0.4, -0.2) is 10.9 Å². The molecule has 2 aromatic carbocycles. The lowest BCUT2D eigenvalue weighted by Gasteiger charge is -2.08. The number of para-hydroxylation sites is 1. The Balaban J connectivity index is 1.72. The molecule has 26 heavy (non-hydrogen) atoms. The van der Waals surface area contributed by atoms with Gasteiger partial charge in [0, 0.05) is 17.0 Å². The summed E-state index contributed by atoms with van der Waals surface area (Å²) >= 11 is 1.38. The average Bonchev–Trinajstić information content (AvgIpc) is 3.07. The number of benzene rings is 2. The molecule has 0 radical (unpaired) electrons. The fraction of sp³-hybridized carbons (Fsp3) is 0.143. The van der Waals surface area contributed by atoms with Crippen LogP contribution < -0.4 is 11.1 Å². The second-order valence-electron chi connectivity index (χ2n) is 6.26. The zero-order valence-corrected chi connectivity index (χ0v) is 15.6. The minimum atomic E-state index is -0.186. The maximum Gasteiger partial charge on any atom is 0.248 e. The number of anilines is 2. The molecular formula is C21H21N3OS. The maximum absolute atomic E-state index is 12.3. The van der Waals surface area contributed by atoms with Gasteiger partial charge in [-0.1, -0.05) is 56.3 Å². The number of hydrogen-bond acceptors (Lipinski definition) is 4. The van der Waals surface area contributed by atoms with Gasteiger partial charge in [0.2, 0.25) is 5.91 Å². The highest BCUT2D eigenvalue weighted by atomic mass is 32.1. The molecular weight excluding hydrogens is 342 g/mol. The highest BCUT2D eigenvalue weighted by Crippen LogP contribution is 2.29. The first-order chi connectivity index (χ1) is 12.5. The van der Waals surface area contributed by atoms with Gasteiger partial charge in [-0.25, -0.2) is 4.98 Å². The third kappa shape index (κ3) is 4.37. The van der Waals surface area contributed by atoms with Crippen LogP contribution in [0.5, 0.6) is 0 Å². The monoisotopic (exact) mass is 363 g/mol. The summed E-state index contributed by atoms with van der Waals surface area (Å²) in [5.74, 6) is 0.307. The largest absolute Gasteiger partial charge is 0.375 e. The molecule has 0 aliphatic carbocycles. The molecule has 3 aromatic rings. The first-order valence-electron chi connectivity index (χ1n) is 8.42. The van der Waals surface area contributed by atoms with Crippen LogP contribution in [-0.2, 0) is 4.79 Å². The number of aromatic nitrogens is 1. The number of nitrogens with zero attached hydrogens (tertiary/aromatic N) is 1. The van der Waals surface area contributed by atoms with Crippen LogP contribution in [0.15, 0.2) is 60.0 Å². The van der Waals surface area contributed by atoms with E-state index in [-0.39, 0.29) is 5.91 Å². The second kappa shape index (κ2) is 7.97. The summed E-state index contributed by atoms with van der Waals surface area (Å²) < 4.78 is 0. The Kier molecular flexibility index (Phi) is 5.49. The first kappa shape index (κ1) is 17.9. The van der Waals surface area contributed by atoms with Gasteiger partial charge in [0.25, 0.3) is 0 Å². The summed E-state index contributed by atoms with van der Waals surface area (Å²) in [4.78, 5) is 16.6. The summed E-state index contributed by atoms with van der Waals surface area (Å²) in [6.07, 6.45) is 3.35. The van der Waals surface area contributed by atoms with Gasteiger partial charge in [0.15, 0.2) is 5.13 Å². The van der Waals surface area contributed by atoms with E-state index in [4.69, 9.17) is 5.73 Å². The van der Waals surface area contributed by atoms with E-state index in [2.05, 4.69) is 36.3 Å². The van der Waals surface area contributed by atoms with Crippen molar-refractivity contribution in [3.05, 3.63) is 71.1 Å². The van der Waals surface area contributed by atoms with E-state index >= 15 is 0 Å². The number of amides is 1. The van der Waals surface area contributed by atoms with Crippen LogP contribution in [0.25, 0.3) is 17.3 Å². The van der Waals surface area contributed by atoms with Crippen molar-refractivity contribution in [2.24, 2.45) is 0 Å². The Morgan fingerprint density at radius 3 is 2.54 bits per heavy atom. The molecule has 4 nitrogen and oxygen atoms in total. The number of nitrogens with one attached hydrogen (secondary N) is 1. The van der Waals surface area contributed by atoms with Crippen molar-refractivity contribution in [3.63, 3.8) is 0 Å². The molecule has 3 rings (SSSR count). The zero-order valence-electron chi connectivity index (χ0n) is 14.8. The Bertz CT molecular complexity index is 926. The predicted octanol–water partition coefficient (Wildman–Crippen LogP) is 5.17. The van der Waals surface area contributed by atoms with E-state index in [1.165, 1.54) is 23.0 Å². The van der Waals surface area contributed by atoms with E-state index in [1.807, 2.05) is 47.9 Å². The van der Waals surface area contributed by atoms with E-state index in [0.29, 0.717) is 16.7 Å². The van der Waals surface area contributed by atoms with Gasteiger partial charge < -0.3 is 11.1 Å². The molecule has 132 valence electrons. The molecule has 5 heteroatoms. The molecule has 0 fully saturated rings. The molecule has 0 unspecified atom stereocenters. The number of carbonyl (C=O) groups excluding carboxylic acids is 1. The summed E-state index contributed by atoms with van der Waals surface area (Å²) in [6, 6.07) is 15.8. The molecule has 0 atom stereocenters. The van der Waals surface area contributed by atoms with E-state index < -0.39 is 0 Å². The topological polar surface area (TPSA) is 68.0 Å². The Hall–Kier alpha value is -2.92. The molecule has 0 spiro atoms. The summed E-state index contributed by atoms with van der Waals surface area (Å²) in [5, 5.41) is 5.30. The van der Waals surface area contributed by atoms with Crippen molar-refractivity contribution in [2.45, 2.75) is 19.8 Å². The fourth-order valence-electron chi connectivity index (χ4n) is 2.57. The molecule has 3 N–H and O–H groups in total. The highest BCUT2D eigenvalue weighted by Gasteiger charge is 2.09. The van der Waals surface area contributed by atoms with Crippen molar-refractivity contribution < 1.29 is 4.79 Å². The summed E-state index contributed by atoms with van der Waals surface area (Å²) in [6.45, 7) is 4.32. The van der Waals surface area contributed by atoms with Crippen LogP contribution in [0, 0.1) is 0 Å². The third-order valence-electron chi connectivity index (χ3n) is 4.01. The van der Waals surface area contributed by atoms with Crippen LogP contribution in [0.3, 0.4) is 0 Å². The number of hydrogen-bond donors (Lipinski definition) is 2. The Labute approximate surface area is 157 Å². The molecule has 0 bridgehead atoms. The molecule has 1 amide bonds. The molecule has 0 aliphatic rings. The van der Waals surface area contributed by atoms with Crippen LogP contribution in [0.1, 0.15) is 30.9 Å². The van der Waals surface area contributed by atoms with Crippen LogP contribution in [0.4, 0.5) is 10.8 Å². The highest BCUT2D eigenvalue weighted by molar-refractivity contribution is 7.13. The van der Waals surface area contributed by atoms with Gasteiger partial charge in [-0.3, -0.25) is 4.79 Å². The van der Waals surface area contributed by atoms with E-state index in [0.717, 1.165) is 16.8 Å². The molecule has 0 aliphatic heterocycles. The Morgan fingerprint density at radius 1 is 1.15 bits per heavy atom. The van der Waals surface area contributed by atoms with Crippen molar-refractivity contribution in [2.75, 3.05) is 11.1 Å². The van der Waals surface area contributed by atoms with Crippen LogP contribution >= 0.6 is 11.3 Å². The minimum Gasteiger partial charge on any atom is -0.375 e. The van der Waals surface area contributed by atoms with Crippen molar-refractivity contribution in [1.29, 1.82) is 0 Å². The van der Waals surface area contributed by atoms with Gasteiger partial charge in [0.1, 0.15) is 0 Å². The summed E-state index contributed by atoms with van der Waals surface area (Å²) in [7, 11) is 0. The first-order valence-corrected chi connectivity index (χ1v) is 9.30. The molecule has 0 saturated heterocycles. The van der Waals surface area contributed by atoms with Crippen molar-refractivity contribution in [1.82, 2.24) is 4.98 Å². The summed E-state index contributed by atoms with van der Waals surface area (Å²) in [5.41, 5.74) is 10.3. The lowest BCUT2D eigenvalue weighted by Crippen LogP contribution is -2.08. The SMILES string of the molecule is CC(C)c1ccc(/C=C/C(=O)Nc2ccccc2-c2csc(N)n2)cc1.